The Morgan fingerprint density at radius 3 is 2.03 bits per heavy atom. The van der Waals surface area contributed by atoms with E-state index in [9.17, 15) is 0 Å². The van der Waals surface area contributed by atoms with E-state index >= 15 is 0 Å². The van der Waals surface area contributed by atoms with Gasteiger partial charge in [-0.15, -0.1) is 0 Å². The first-order valence-electron chi connectivity index (χ1n) is 12.8. The van der Waals surface area contributed by atoms with Crippen LogP contribution in [0.1, 0.15) is 37.7 Å². The van der Waals surface area contributed by atoms with Crippen molar-refractivity contribution < 1.29 is 0 Å². The average Bonchev–Trinajstić information content (AvgIpc) is 2.93. The van der Waals surface area contributed by atoms with Crippen molar-refractivity contribution >= 4 is 40.2 Å². The van der Waals surface area contributed by atoms with Crippen molar-refractivity contribution in [2.75, 3.05) is 48.6 Å². The van der Waals surface area contributed by atoms with E-state index < -0.39 is 0 Å². The number of nitrogens with one attached hydrogen (secondary N) is 2. The third kappa shape index (κ3) is 5.31. The van der Waals surface area contributed by atoms with Gasteiger partial charge in [0.15, 0.2) is 0 Å². The fourth-order valence-electron chi connectivity index (χ4n) is 5.51. The van der Waals surface area contributed by atoms with E-state index in [1.165, 1.54) is 36.5 Å². The maximum atomic E-state index is 6.16. The number of halogens is 1. The third-order valence-electron chi connectivity index (χ3n) is 7.43. The minimum absolute atomic E-state index is 0.0000711. The highest BCUT2D eigenvalue weighted by atomic mass is 35.5. The molecular formula is C30H38ClN5. The van der Waals surface area contributed by atoms with Gasteiger partial charge in [-0.1, -0.05) is 67.3 Å². The van der Waals surface area contributed by atoms with Crippen molar-refractivity contribution in [3.05, 3.63) is 83.4 Å². The van der Waals surface area contributed by atoms with Crippen molar-refractivity contribution in [1.29, 1.82) is 0 Å². The second-order valence-electron chi connectivity index (χ2n) is 9.51. The van der Waals surface area contributed by atoms with Gasteiger partial charge in [-0.05, 0) is 54.8 Å². The summed E-state index contributed by atoms with van der Waals surface area (Å²) >= 11 is 6.16. The molecule has 0 radical (unpaired) electrons. The number of rotatable bonds is 4. The minimum atomic E-state index is -0.0000711. The van der Waals surface area contributed by atoms with Gasteiger partial charge in [0.1, 0.15) is 5.84 Å². The van der Waals surface area contributed by atoms with Gasteiger partial charge in [-0.2, -0.15) is 0 Å². The Bertz CT molecular complexity index is 1160. The van der Waals surface area contributed by atoms with Crippen LogP contribution in [0.4, 0.5) is 22.7 Å². The molecule has 0 aromatic heterocycles. The van der Waals surface area contributed by atoms with Crippen molar-refractivity contribution in [3.8, 4) is 0 Å². The number of benzene rings is 3. The molecule has 36 heavy (non-hydrogen) atoms. The maximum Gasteiger partial charge on any atom is 0.130 e. The lowest BCUT2D eigenvalue weighted by molar-refractivity contribution is 0.360. The number of amidine groups is 1. The largest absolute Gasteiger partial charge is 0.386 e. The molecule has 3 aromatic carbocycles. The molecule has 0 saturated heterocycles. The van der Waals surface area contributed by atoms with Crippen LogP contribution in [0, 0.1) is 0 Å². The predicted octanol–water partition coefficient (Wildman–Crippen LogP) is 7.30. The lowest BCUT2D eigenvalue weighted by atomic mass is 9.77. The van der Waals surface area contributed by atoms with Crippen LogP contribution in [-0.2, 0) is 6.54 Å². The number of likely N-dealkylation sites (N-methyl/N-ethyl adjacent to an activating group) is 2. The molecule has 2 N–H and O–H groups in total. The molecule has 190 valence electrons. The smallest absolute Gasteiger partial charge is 0.130 e. The van der Waals surface area contributed by atoms with Gasteiger partial charge < -0.3 is 20.4 Å². The quantitative estimate of drug-likeness (QED) is 0.392. The summed E-state index contributed by atoms with van der Waals surface area (Å²) in [5.74, 6) is 1.19. The van der Waals surface area contributed by atoms with Crippen LogP contribution < -0.4 is 20.4 Å². The Labute approximate surface area is 221 Å². The maximum absolute atomic E-state index is 6.16. The number of anilines is 4. The second-order valence-corrected chi connectivity index (χ2v) is 9.95. The molecular weight excluding hydrogens is 466 g/mol. The first-order chi connectivity index (χ1) is 17.5. The Morgan fingerprint density at radius 1 is 0.806 bits per heavy atom. The molecule has 0 unspecified atom stereocenters. The summed E-state index contributed by atoms with van der Waals surface area (Å²) in [6.45, 7) is 0.665. The van der Waals surface area contributed by atoms with Crippen molar-refractivity contribution in [2.45, 2.75) is 44.2 Å². The van der Waals surface area contributed by atoms with Crippen molar-refractivity contribution in [2.24, 2.45) is 4.99 Å². The predicted molar refractivity (Wildman–Crippen MR) is 157 cm³/mol. The highest BCUT2D eigenvalue weighted by Gasteiger charge is 2.47. The summed E-state index contributed by atoms with van der Waals surface area (Å²) < 4.78 is 0. The van der Waals surface area contributed by atoms with Crippen LogP contribution in [0.2, 0.25) is 5.02 Å². The van der Waals surface area contributed by atoms with Crippen molar-refractivity contribution in [3.63, 3.8) is 0 Å². The van der Waals surface area contributed by atoms with E-state index in [1.807, 2.05) is 56.6 Å². The Kier molecular flexibility index (Phi) is 8.42. The average molecular weight is 504 g/mol. The van der Waals surface area contributed by atoms with Gasteiger partial charge in [0, 0.05) is 33.2 Å². The monoisotopic (exact) mass is 503 g/mol. The van der Waals surface area contributed by atoms with Gasteiger partial charge in [-0.3, -0.25) is 4.99 Å². The topological polar surface area (TPSA) is 42.9 Å². The lowest BCUT2D eigenvalue weighted by Gasteiger charge is -2.53. The van der Waals surface area contributed by atoms with E-state index in [1.54, 1.807) is 0 Å². The fraction of sp³-hybridized carbons (Fsp3) is 0.367. The highest BCUT2D eigenvalue weighted by molar-refractivity contribution is 6.30. The molecule has 0 amide bonds. The zero-order valence-corrected chi connectivity index (χ0v) is 22.6. The summed E-state index contributed by atoms with van der Waals surface area (Å²) in [5.41, 5.74) is 5.95. The number of hydrogen-bond donors (Lipinski definition) is 2. The molecule has 1 aliphatic carbocycles. The summed E-state index contributed by atoms with van der Waals surface area (Å²) in [5, 5.41) is 6.94. The minimum Gasteiger partial charge on any atom is -0.386 e. The standard InChI is InChI=1S/C22H26ClN3.C8H12N2/c1-25-19-11-4-5-12-20(19)26(2)22(13-6-3-7-14-22)21(25)24-16-17-9-8-10-18(23)15-17;1-9-7-5-3-4-6-8(7)10-2/h4-5,8-12,15H,3,6-7,13-14,16H2,1-2H3;3-6,9-10H,1-2H3. The number of hydrogen-bond acceptors (Lipinski definition) is 4. The molecule has 5 nitrogen and oxygen atoms in total. The SMILES string of the molecule is CN1C(=NCc2cccc(Cl)c2)C2(CCCCC2)N(C)c2ccccc21.CNc1ccccc1NC. The second kappa shape index (κ2) is 11.7. The van der Waals surface area contributed by atoms with Crippen LogP contribution in [0.5, 0.6) is 0 Å². The summed E-state index contributed by atoms with van der Waals surface area (Å²) in [6, 6.07) is 24.8. The van der Waals surface area contributed by atoms with E-state index in [2.05, 4.69) is 64.9 Å². The summed E-state index contributed by atoms with van der Waals surface area (Å²) in [6.07, 6.45) is 6.17. The fourth-order valence-corrected chi connectivity index (χ4v) is 5.72. The Hall–Kier alpha value is -3.18. The van der Waals surface area contributed by atoms with Gasteiger partial charge >= 0.3 is 0 Å². The van der Waals surface area contributed by atoms with Gasteiger partial charge in [0.25, 0.3) is 0 Å². The molecule has 3 aromatic rings. The van der Waals surface area contributed by atoms with E-state index in [4.69, 9.17) is 16.6 Å². The first kappa shape index (κ1) is 25.9. The van der Waals surface area contributed by atoms with E-state index in [-0.39, 0.29) is 5.54 Å². The normalized spacial score (nSPS) is 17.3. The molecule has 6 heteroatoms. The van der Waals surface area contributed by atoms with Crippen LogP contribution in [-0.4, -0.2) is 39.6 Å². The first-order valence-corrected chi connectivity index (χ1v) is 13.2. The van der Waals surface area contributed by atoms with Crippen LogP contribution in [0.3, 0.4) is 0 Å². The van der Waals surface area contributed by atoms with Crippen LogP contribution in [0.15, 0.2) is 77.8 Å². The summed E-state index contributed by atoms with van der Waals surface area (Å²) in [7, 11) is 8.23. The molecule has 0 atom stereocenters. The molecule has 2 aliphatic rings. The zero-order valence-electron chi connectivity index (χ0n) is 21.9. The third-order valence-corrected chi connectivity index (χ3v) is 7.66. The molecule has 1 aliphatic heterocycles. The van der Waals surface area contributed by atoms with E-state index in [0.29, 0.717) is 6.54 Å². The number of fused-ring (bicyclic) bond motifs is 1. The molecule has 0 bridgehead atoms. The van der Waals surface area contributed by atoms with Crippen LogP contribution >= 0.6 is 11.6 Å². The van der Waals surface area contributed by atoms with Gasteiger partial charge in [0.05, 0.1) is 34.8 Å². The highest BCUT2D eigenvalue weighted by Crippen LogP contribution is 2.45. The molecule has 1 spiro atoms. The van der Waals surface area contributed by atoms with E-state index in [0.717, 1.165) is 34.8 Å². The zero-order chi connectivity index (χ0) is 25.5. The molecule has 1 fully saturated rings. The van der Waals surface area contributed by atoms with Gasteiger partial charge in [-0.25, -0.2) is 0 Å². The van der Waals surface area contributed by atoms with Crippen molar-refractivity contribution in [1.82, 2.24) is 0 Å². The summed E-state index contributed by atoms with van der Waals surface area (Å²) in [4.78, 5) is 9.94. The van der Waals surface area contributed by atoms with Gasteiger partial charge in [0.2, 0.25) is 0 Å². The Balaban J connectivity index is 0.000000256. The molecule has 1 heterocycles. The Morgan fingerprint density at radius 2 is 1.42 bits per heavy atom. The molecule has 5 rings (SSSR count). The molecule has 1 saturated carbocycles. The lowest BCUT2D eigenvalue weighted by Crippen LogP contribution is -2.62. The van der Waals surface area contributed by atoms with Crippen LogP contribution in [0.25, 0.3) is 0 Å². The number of aliphatic imine (C=N–C) groups is 1. The number of para-hydroxylation sites is 4. The number of nitrogens with zero attached hydrogens (tertiary/aromatic N) is 3.